The molecule has 0 saturated heterocycles. The summed E-state index contributed by atoms with van der Waals surface area (Å²) in [6, 6.07) is 12.5. The van der Waals surface area contributed by atoms with Gasteiger partial charge in [-0.1, -0.05) is 46.9 Å². The van der Waals surface area contributed by atoms with Gasteiger partial charge in [-0.15, -0.1) is 0 Å². The van der Waals surface area contributed by atoms with Crippen molar-refractivity contribution in [2.75, 3.05) is 18.9 Å². The number of halogens is 3. The smallest absolute Gasteiger partial charge is 0.238 e. The first-order valence-electron chi connectivity index (χ1n) is 6.62. The molecule has 0 saturated carbocycles. The highest BCUT2D eigenvalue weighted by molar-refractivity contribution is 6.36. The lowest BCUT2D eigenvalue weighted by molar-refractivity contribution is -0.117. The van der Waals surface area contributed by atoms with Crippen LogP contribution in [0.25, 0.3) is 0 Å². The van der Waals surface area contributed by atoms with E-state index in [0.717, 1.165) is 5.56 Å². The first kappa shape index (κ1) is 17.1. The molecule has 1 N–H and O–H groups in total. The van der Waals surface area contributed by atoms with Crippen LogP contribution in [0.4, 0.5) is 5.69 Å². The number of likely N-dealkylation sites (N-methyl/N-ethyl adjacent to an activating group) is 1. The van der Waals surface area contributed by atoms with Crippen LogP contribution in [0, 0.1) is 0 Å². The first-order chi connectivity index (χ1) is 10.4. The average molecular weight is 358 g/mol. The van der Waals surface area contributed by atoms with Gasteiger partial charge in [-0.25, -0.2) is 0 Å². The van der Waals surface area contributed by atoms with Crippen molar-refractivity contribution in [3.8, 4) is 0 Å². The number of anilines is 1. The van der Waals surface area contributed by atoms with Gasteiger partial charge in [0, 0.05) is 16.6 Å². The fourth-order valence-electron chi connectivity index (χ4n) is 2.03. The third-order valence-electron chi connectivity index (χ3n) is 2.96. The van der Waals surface area contributed by atoms with Gasteiger partial charge in [-0.3, -0.25) is 9.69 Å². The maximum absolute atomic E-state index is 12.0. The molecule has 0 aromatic heterocycles. The van der Waals surface area contributed by atoms with E-state index in [1.54, 1.807) is 18.2 Å². The maximum atomic E-state index is 12.0. The fraction of sp³-hybridized carbons (Fsp3) is 0.188. The first-order valence-corrected chi connectivity index (χ1v) is 7.75. The number of nitrogens with zero attached hydrogens (tertiary/aromatic N) is 1. The molecule has 0 unspecified atom stereocenters. The zero-order valence-corrected chi connectivity index (χ0v) is 14.2. The van der Waals surface area contributed by atoms with Crippen LogP contribution in [-0.4, -0.2) is 24.4 Å². The lowest BCUT2D eigenvalue weighted by Crippen LogP contribution is -2.29. The summed E-state index contributed by atoms with van der Waals surface area (Å²) in [4.78, 5) is 13.9. The molecule has 0 radical (unpaired) electrons. The SMILES string of the molecule is CN(CC(=O)Nc1ccc(Cl)cc1Cl)Cc1cccc(Cl)c1. The van der Waals surface area contributed by atoms with Crippen LogP contribution in [0.2, 0.25) is 15.1 Å². The van der Waals surface area contributed by atoms with Crippen molar-refractivity contribution in [3.05, 3.63) is 63.1 Å². The Bertz CT molecular complexity index is 676. The van der Waals surface area contributed by atoms with E-state index >= 15 is 0 Å². The van der Waals surface area contributed by atoms with Crippen LogP contribution in [-0.2, 0) is 11.3 Å². The Balaban J connectivity index is 1.91. The molecule has 22 heavy (non-hydrogen) atoms. The van der Waals surface area contributed by atoms with E-state index in [1.165, 1.54) is 0 Å². The zero-order chi connectivity index (χ0) is 16.1. The lowest BCUT2D eigenvalue weighted by Gasteiger charge is -2.17. The fourth-order valence-corrected chi connectivity index (χ4v) is 2.70. The summed E-state index contributed by atoms with van der Waals surface area (Å²) in [7, 11) is 1.87. The molecule has 0 atom stereocenters. The Morgan fingerprint density at radius 3 is 2.50 bits per heavy atom. The molecule has 1 amide bonds. The number of hydrogen-bond donors (Lipinski definition) is 1. The monoisotopic (exact) mass is 356 g/mol. The molecule has 0 fully saturated rings. The molecule has 116 valence electrons. The van der Waals surface area contributed by atoms with Crippen LogP contribution >= 0.6 is 34.8 Å². The number of amides is 1. The zero-order valence-electron chi connectivity index (χ0n) is 11.9. The molecule has 0 spiro atoms. The highest BCUT2D eigenvalue weighted by atomic mass is 35.5. The minimum atomic E-state index is -0.145. The molecule has 0 aliphatic rings. The van der Waals surface area contributed by atoms with Gasteiger partial charge in [-0.05, 0) is 42.9 Å². The molecule has 0 aliphatic heterocycles. The number of carbonyl (C=O) groups is 1. The number of rotatable bonds is 5. The van der Waals surface area contributed by atoms with E-state index in [0.29, 0.717) is 27.3 Å². The van der Waals surface area contributed by atoms with Crippen LogP contribution in [0.5, 0.6) is 0 Å². The Kier molecular flexibility index (Phi) is 6.09. The number of nitrogens with one attached hydrogen (secondary N) is 1. The summed E-state index contributed by atoms with van der Waals surface area (Å²) in [5, 5.41) is 4.40. The van der Waals surface area contributed by atoms with E-state index < -0.39 is 0 Å². The molecule has 2 aromatic rings. The molecule has 0 aliphatic carbocycles. The summed E-state index contributed by atoms with van der Waals surface area (Å²) in [5.41, 5.74) is 1.60. The van der Waals surface area contributed by atoms with E-state index in [9.17, 15) is 4.79 Å². The van der Waals surface area contributed by atoms with Crippen molar-refractivity contribution in [2.45, 2.75) is 6.54 Å². The summed E-state index contributed by atoms with van der Waals surface area (Å²) in [6.07, 6.45) is 0. The lowest BCUT2D eigenvalue weighted by atomic mass is 10.2. The maximum Gasteiger partial charge on any atom is 0.238 e. The van der Waals surface area contributed by atoms with Crippen LogP contribution in [0.15, 0.2) is 42.5 Å². The number of benzene rings is 2. The Hall–Kier alpha value is -1.26. The summed E-state index contributed by atoms with van der Waals surface area (Å²) in [5.74, 6) is -0.145. The highest BCUT2D eigenvalue weighted by Gasteiger charge is 2.10. The molecular weight excluding hydrogens is 343 g/mol. The van der Waals surface area contributed by atoms with Crippen LogP contribution in [0.1, 0.15) is 5.56 Å². The molecule has 6 heteroatoms. The molecule has 3 nitrogen and oxygen atoms in total. The van der Waals surface area contributed by atoms with Gasteiger partial charge in [0.05, 0.1) is 17.3 Å². The van der Waals surface area contributed by atoms with E-state index in [-0.39, 0.29) is 12.5 Å². The second-order valence-corrected chi connectivity index (χ2v) is 6.25. The normalized spacial score (nSPS) is 10.8. The number of hydrogen-bond acceptors (Lipinski definition) is 2. The second-order valence-electron chi connectivity index (χ2n) is 4.97. The largest absolute Gasteiger partial charge is 0.324 e. The van der Waals surface area contributed by atoms with Crippen molar-refractivity contribution < 1.29 is 4.79 Å². The van der Waals surface area contributed by atoms with Crippen LogP contribution < -0.4 is 5.32 Å². The van der Waals surface area contributed by atoms with Gasteiger partial charge in [-0.2, -0.15) is 0 Å². The van der Waals surface area contributed by atoms with Gasteiger partial charge in [0.2, 0.25) is 5.91 Å². The van der Waals surface area contributed by atoms with Gasteiger partial charge < -0.3 is 5.32 Å². The van der Waals surface area contributed by atoms with Crippen molar-refractivity contribution in [1.82, 2.24) is 4.90 Å². The predicted octanol–water partition coefficient (Wildman–Crippen LogP) is 4.72. The summed E-state index contributed by atoms with van der Waals surface area (Å²) < 4.78 is 0. The molecule has 0 heterocycles. The summed E-state index contributed by atoms with van der Waals surface area (Å²) >= 11 is 17.8. The minimum absolute atomic E-state index is 0.145. The average Bonchev–Trinajstić information content (AvgIpc) is 2.41. The molecule has 2 aromatic carbocycles. The minimum Gasteiger partial charge on any atom is -0.324 e. The van der Waals surface area contributed by atoms with E-state index in [4.69, 9.17) is 34.8 Å². The van der Waals surface area contributed by atoms with Crippen molar-refractivity contribution in [3.63, 3.8) is 0 Å². The summed E-state index contributed by atoms with van der Waals surface area (Å²) in [6.45, 7) is 0.869. The van der Waals surface area contributed by atoms with Crippen molar-refractivity contribution in [2.24, 2.45) is 0 Å². The third-order valence-corrected chi connectivity index (χ3v) is 3.74. The Morgan fingerprint density at radius 2 is 1.82 bits per heavy atom. The quantitative estimate of drug-likeness (QED) is 0.840. The second kappa shape index (κ2) is 7.84. The van der Waals surface area contributed by atoms with Gasteiger partial charge in [0.1, 0.15) is 0 Å². The molecule has 2 rings (SSSR count). The highest BCUT2D eigenvalue weighted by Crippen LogP contribution is 2.25. The molecule has 0 bridgehead atoms. The van der Waals surface area contributed by atoms with Crippen molar-refractivity contribution in [1.29, 1.82) is 0 Å². The van der Waals surface area contributed by atoms with E-state index in [2.05, 4.69) is 5.32 Å². The van der Waals surface area contributed by atoms with Gasteiger partial charge in [0.15, 0.2) is 0 Å². The number of carbonyl (C=O) groups excluding carboxylic acids is 1. The van der Waals surface area contributed by atoms with Gasteiger partial charge in [0.25, 0.3) is 0 Å². The standard InChI is InChI=1S/C16H15Cl3N2O/c1-21(9-11-3-2-4-12(17)7-11)10-16(22)20-15-6-5-13(18)8-14(15)19/h2-8H,9-10H2,1H3,(H,20,22). The third kappa shape index (κ3) is 5.18. The Morgan fingerprint density at radius 1 is 1.09 bits per heavy atom. The topological polar surface area (TPSA) is 32.3 Å². The van der Waals surface area contributed by atoms with Gasteiger partial charge >= 0.3 is 0 Å². The predicted molar refractivity (Wildman–Crippen MR) is 92.9 cm³/mol. The van der Waals surface area contributed by atoms with Crippen molar-refractivity contribution >= 4 is 46.4 Å². The van der Waals surface area contributed by atoms with Crippen LogP contribution in [0.3, 0.4) is 0 Å². The molecular formula is C16H15Cl3N2O. The van der Waals surface area contributed by atoms with E-state index in [1.807, 2.05) is 36.2 Å². The Labute approximate surface area is 144 Å².